The molecule has 102 valence electrons. The lowest BCUT2D eigenvalue weighted by Gasteiger charge is -2.10. The van der Waals surface area contributed by atoms with Crippen LogP contribution in [0, 0.1) is 6.92 Å². The van der Waals surface area contributed by atoms with Crippen LogP contribution in [-0.4, -0.2) is 18.1 Å². The summed E-state index contributed by atoms with van der Waals surface area (Å²) >= 11 is 0. The summed E-state index contributed by atoms with van der Waals surface area (Å²) in [5.74, 6) is -0.591. The molecule has 0 aliphatic rings. The zero-order chi connectivity index (χ0) is 14.4. The third-order valence-corrected chi connectivity index (χ3v) is 3.78. The smallest absolute Gasteiger partial charge is 0.336 e. The molecule has 2 aromatic rings. The van der Waals surface area contributed by atoms with Gasteiger partial charge in [0.15, 0.2) is 10.5 Å². The van der Waals surface area contributed by atoms with E-state index >= 15 is 0 Å². The first-order chi connectivity index (χ1) is 8.75. The van der Waals surface area contributed by atoms with Gasteiger partial charge >= 0.3 is 15.7 Å². The highest BCUT2D eigenvalue weighted by Gasteiger charge is 2.25. The van der Waals surface area contributed by atoms with Crippen LogP contribution < -0.4 is 5.63 Å². The Hall–Kier alpha value is -1.86. The van der Waals surface area contributed by atoms with Crippen molar-refractivity contribution in [2.45, 2.75) is 25.2 Å². The van der Waals surface area contributed by atoms with E-state index in [0.29, 0.717) is 22.9 Å². The SMILES string of the molecule is CCc1cc2c(C)cc(=O)oc2c(S(=O)(=O)O)c1O. The van der Waals surface area contributed by atoms with Crippen molar-refractivity contribution in [1.82, 2.24) is 0 Å². The molecule has 0 aliphatic heterocycles. The average Bonchev–Trinajstić information content (AvgIpc) is 2.26. The molecule has 2 N–H and O–H groups in total. The van der Waals surface area contributed by atoms with Crippen molar-refractivity contribution in [2.75, 3.05) is 0 Å². The van der Waals surface area contributed by atoms with Crippen LogP contribution >= 0.6 is 0 Å². The monoisotopic (exact) mass is 284 g/mol. The summed E-state index contributed by atoms with van der Waals surface area (Å²) in [6.45, 7) is 3.34. The van der Waals surface area contributed by atoms with Gasteiger partial charge in [0.05, 0.1) is 0 Å². The number of phenolic OH excluding ortho intramolecular Hbond substituents is 1. The van der Waals surface area contributed by atoms with Gasteiger partial charge in [-0.1, -0.05) is 6.92 Å². The summed E-state index contributed by atoms with van der Waals surface area (Å²) in [4.78, 5) is 10.6. The third kappa shape index (κ3) is 2.22. The van der Waals surface area contributed by atoms with Crippen molar-refractivity contribution in [1.29, 1.82) is 0 Å². The van der Waals surface area contributed by atoms with Crippen molar-refractivity contribution < 1.29 is 22.5 Å². The molecule has 1 heterocycles. The third-order valence-electron chi connectivity index (χ3n) is 2.89. The molecule has 1 aromatic carbocycles. The molecule has 2 rings (SSSR count). The molecular weight excluding hydrogens is 272 g/mol. The number of phenols is 1. The Bertz CT molecular complexity index is 816. The largest absolute Gasteiger partial charge is 0.506 e. The van der Waals surface area contributed by atoms with Crippen LogP contribution in [0.1, 0.15) is 18.1 Å². The highest BCUT2D eigenvalue weighted by molar-refractivity contribution is 7.86. The Morgan fingerprint density at radius 2 is 1.95 bits per heavy atom. The number of aromatic hydroxyl groups is 1. The van der Waals surface area contributed by atoms with Gasteiger partial charge in [-0.05, 0) is 30.5 Å². The normalized spacial score (nSPS) is 11.9. The Morgan fingerprint density at radius 1 is 1.32 bits per heavy atom. The van der Waals surface area contributed by atoms with E-state index in [0.717, 1.165) is 0 Å². The van der Waals surface area contributed by atoms with Crippen LogP contribution in [0.3, 0.4) is 0 Å². The van der Waals surface area contributed by atoms with Crippen LogP contribution in [0.2, 0.25) is 0 Å². The molecule has 0 saturated heterocycles. The topological polar surface area (TPSA) is 105 Å². The van der Waals surface area contributed by atoms with Gasteiger partial charge in [-0.3, -0.25) is 4.55 Å². The maximum Gasteiger partial charge on any atom is 0.336 e. The summed E-state index contributed by atoms with van der Waals surface area (Å²) in [5.41, 5.74) is -0.233. The van der Waals surface area contributed by atoms with E-state index in [1.54, 1.807) is 13.8 Å². The summed E-state index contributed by atoms with van der Waals surface area (Å²) in [7, 11) is -4.71. The summed E-state index contributed by atoms with van der Waals surface area (Å²) in [6, 6.07) is 2.75. The van der Waals surface area contributed by atoms with Gasteiger partial charge in [-0.2, -0.15) is 8.42 Å². The maximum atomic E-state index is 11.4. The minimum atomic E-state index is -4.71. The number of fused-ring (bicyclic) bond motifs is 1. The highest BCUT2D eigenvalue weighted by atomic mass is 32.2. The molecule has 0 unspecified atom stereocenters. The van der Waals surface area contributed by atoms with Gasteiger partial charge in [0.2, 0.25) is 0 Å². The molecule has 7 heteroatoms. The molecule has 1 aromatic heterocycles. The van der Waals surface area contributed by atoms with Crippen molar-refractivity contribution in [3.63, 3.8) is 0 Å². The van der Waals surface area contributed by atoms with Crippen LogP contribution in [-0.2, 0) is 16.5 Å². The molecule has 0 radical (unpaired) electrons. The quantitative estimate of drug-likeness (QED) is 0.641. The van der Waals surface area contributed by atoms with Crippen LogP contribution in [0.4, 0.5) is 0 Å². The minimum absolute atomic E-state index is 0.331. The molecule has 0 saturated carbocycles. The molecule has 0 fully saturated rings. The van der Waals surface area contributed by atoms with E-state index in [9.17, 15) is 22.9 Å². The lowest BCUT2D eigenvalue weighted by atomic mass is 10.1. The second-order valence-electron chi connectivity index (χ2n) is 4.17. The fourth-order valence-electron chi connectivity index (χ4n) is 1.97. The van der Waals surface area contributed by atoms with Crippen molar-refractivity contribution >= 4 is 21.1 Å². The predicted molar refractivity (Wildman–Crippen MR) is 68.1 cm³/mol. The Balaban J connectivity index is 3.14. The van der Waals surface area contributed by atoms with Crippen molar-refractivity contribution in [3.05, 3.63) is 33.7 Å². The lowest BCUT2D eigenvalue weighted by Crippen LogP contribution is -2.06. The Kier molecular flexibility index (Phi) is 3.11. The van der Waals surface area contributed by atoms with Crippen LogP contribution in [0.15, 0.2) is 26.2 Å². The van der Waals surface area contributed by atoms with E-state index in [-0.39, 0.29) is 5.58 Å². The zero-order valence-corrected chi connectivity index (χ0v) is 11.1. The van der Waals surface area contributed by atoms with Gasteiger partial charge in [0.25, 0.3) is 0 Å². The predicted octanol–water partition coefficient (Wildman–Crippen LogP) is 1.62. The number of aryl methyl sites for hydroxylation is 2. The highest BCUT2D eigenvalue weighted by Crippen LogP contribution is 2.35. The molecule has 19 heavy (non-hydrogen) atoms. The number of benzene rings is 1. The van der Waals surface area contributed by atoms with Gasteiger partial charge in [0, 0.05) is 11.5 Å². The van der Waals surface area contributed by atoms with Gasteiger partial charge in [-0.25, -0.2) is 4.79 Å². The van der Waals surface area contributed by atoms with Crippen molar-refractivity contribution in [3.8, 4) is 5.75 Å². The fourth-order valence-corrected chi connectivity index (χ4v) is 2.73. The van der Waals surface area contributed by atoms with Gasteiger partial charge in [0.1, 0.15) is 5.75 Å². The van der Waals surface area contributed by atoms with Gasteiger partial charge < -0.3 is 9.52 Å². The molecule has 0 aliphatic carbocycles. The summed E-state index contributed by atoms with van der Waals surface area (Å²) in [6.07, 6.45) is 0.364. The average molecular weight is 284 g/mol. The maximum absolute atomic E-state index is 11.4. The Labute approximate surface area is 109 Å². The first-order valence-corrected chi connectivity index (χ1v) is 6.96. The van der Waals surface area contributed by atoms with E-state index in [2.05, 4.69) is 0 Å². The standard InChI is InChI=1S/C12H12O6S/c1-3-7-5-8-6(2)4-9(13)18-11(8)12(10(7)14)19(15,16)17/h4-5,14H,3H2,1-2H3,(H,15,16,17). The Morgan fingerprint density at radius 3 is 2.47 bits per heavy atom. The van der Waals surface area contributed by atoms with E-state index < -0.39 is 26.4 Å². The number of hydrogen-bond acceptors (Lipinski definition) is 5. The number of rotatable bonds is 2. The second kappa shape index (κ2) is 4.36. The first kappa shape index (κ1) is 13.6. The molecular formula is C12H12O6S. The molecule has 0 spiro atoms. The number of hydrogen-bond donors (Lipinski definition) is 2. The summed E-state index contributed by atoms with van der Waals surface area (Å²) < 4.78 is 36.8. The molecule has 0 amide bonds. The van der Waals surface area contributed by atoms with Gasteiger partial charge in [-0.15, -0.1) is 0 Å². The lowest BCUT2D eigenvalue weighted by molar-refractivity contribution is 0.434. The minimum Gasteiger partial charge on any atom is -0.506 e. The summed E-state index contributed by atoms with van der Waals surface area (Å²) in [5, 5.41) is 10.3. The van der Waals surface area contributed by atoms with E-state index in [1.807, 2.05) is 0 Å². The van der Waals surface area contributed by atoms with E-state index in [4.69, 9.17) is 4.42 Å². The fraction of sp³-hybridized carbons (Fsp3) is 0.250. The molecule has 0 atom stereocenters. The van der Waals surface area contributed by atoms with Crippen LogP contribution in [0.5, 0.6) is 5.75 Å². The van der Waals surface area contributed by atoms with Crippen molar-refractivity contribution in [2.24, 2.45) is 0 Å². The molecule has 6 nitrogen and oxygen atoms in total. The zero-order valence-electron chi connectivity index (χ0n) is 10.3. The van der Waals surface area contributed by atoms with Crippen LogP contribution in [0.25, 0.3) is 11.0 Å². The molecule has 0 bridgehead atoms. The van der Waals surface area contributed by atoms with E-state index in [1.165, 1.54) is 12.1 Å². The second-order valence-corrected chi connectivity index (χ2v) is 5.53. The first-order valence-electron chi connectivity index (χ1n) is 5.52.